The summed E-state index contributed by atoms with van der Waals surface area (Å²) in [5.41, 5.74) is 4.09. The number of amides is 2. The van der Waals surface area contributed by atoms with Gasteiger partial charge in [0, 0.05) is 15.8 Å². The first-order valence-electron chi connectivity index (χ1n) is 10.1. The molecule has 1 aromatic heterocycles. The lowest BCUT2D eigenvalue weighted by molar-refractivity contribution is -0.136. The highest BCUT2D eigenvalue weighted by atomic mass is 35.5. The number of carbonyl (C=O) groups is 3. The fraction of sp³-hybridized carbons (Fsp3) is 0.0400. The van der Waals surface area contributed by atoms with Crippen molar-refractivity contribution < 1.29 is 19.1 Å². The number of para-hydroxylation sites is 1. The Morgan fingerprint density at radius 2 is 1.74 bits per heavy atom. The Kier molecular flexibility index (Phi) is 7.01. The summed E-state index contributed by atoms with van der Waals surface area (Å²) in [6, 6.07) is 21.1. The van der Waals surface area contributed by atoms with Crippen LogP contribution in [0.15, 0.2) is 77.9 Å². The molecular weight excluding hydrogens is 474 g/mol. The number of nitrogens with one attached hydrogen (secondary N) is 2. The fourth-order valence-corrected chi connectivity index (χ4v) is 4.45. The van der Waals surface area contributed by atoms with E-state index in [2.05, 4.69) is 15.8 Å². The number of hydrazone groups is 1. The maximum Gasteiger partial charge on any atom is 0.355 e. The zero-order valence-electron chi connectivity index (χ0n) is 17.9. The maximum absolute atomic E-state index is 12.6. The zero-order valence-corrected chi connectivity index (χ0v) is 19.4. The van der Waals surface area contributed by atoms with Crippen LogP contribution in [-0.4, -0.2) is 24.0 Å². The average molecular weight is 492 g/mol. The molecular formula is C25H18ClN3O4S. The van der Waals surface area contributed by atoms with Crippen LogP contribution in [0, 0.1) is 6.92 Å². The van der Waals surface area contributed by atoms with Crippen molar-refractivity contribution in [2.45, 2.75) is 6.92 Å². The molecule has 7 nitrogen and oxygen atoms in total. The normalized spacial score (nSPS) is 10.9. The molecule has 0 unspecified atom stereocenters. The third-order valence-electron chi connectivity index (χ3n) is 4.77. The summed E-state index contributed by atoms with van der Waals surface area (Å²) in [6.45, 7) is 1.82. The average Bonchev–Trinajstić information content (AvgIpc) is 3.17. The highest BCUT2D eigenvalue weighted by Gasteiger charge is 2.19. The van der Waals surface area contributed by atoms with Crippen LogP contribution in [0.1, 0.15) is 20.8 Å². The molecule has 0 saturated heterocycles. The molecule has 9 heteroatoms. The molecule has 2 N–H and O–H groups in total. The second kappa shape index (κ2) is 10.3. The van der Waals surface area contributed by atoms with Crippen LogP contribution < -0.4 is 15.5 Å². The first kappa shape index (κ1) is 23.2. The van der Waals surface area contributed by atoms with E-state index >= 15 is 0 Å². The maximum atomic E-state index is 12.6. The third-order valence-corrected chi connectivity index (χ3v) is 6.42. The molecule has 1 heterocycles. The minimum Gasteiger partial charge on any atom is -0.422 e. The molecule has 0 aliphatic carbocycles. The summed E-state index contributed by atoms with van der Waals surface area (Å²) < 4.78 is 6.36. The summed E-state index contributed by atoms with van der Waals surface area (Å²) in [4.78, 5) is 37.0. The number of fused-ring (bicyclic) bond motifs is 1. The van der Waals surface area contributed by atoms with Gasteiger partial charge in [0.05, 0.1) is 11.2 Å². The van der Waals surface area contributed by atoms with Gasteiger partial charge < -0.3 is 10.1 Å². The molecule has 4 aromatic rings. The van der Waals surface area contributed by atoms with E-state index < -0.39 is 17.8 Å². The van der Waals surface area contributed by atoms with Gasteiger partial charge in [-0.1, -0.05) is 60.1 Å². The van der Waals surface area contributed by atoms with E-state index in [1.165, 1.54) is 17.6 Å². The SMILES string of the molecule is Cc1ccccc1NC(=O)C(=O)N/N=C/c1cccc(OC(=O)c2sc3ccccc3c2Cl)c1. The Labute approximate surface area is 204 Å². The van der Waals surface area contributed by atoms with E-state index in [1.807, 2.05) is 43.3 Å². The quantitative estimate of drug-likeness (QED) is 0.132. The molecule has 0 bridgehead atoms. The fourth-order valence-electron chi connectivity index (χ4n) is 3.07. The predicted molar refractivity (Wildman–Crippen MR) is 134 cm³/mol. The number of carbonyl (C=O) groups excluding carboxylic acids is 3. The largest absolute Gasteiger partial charge is 0.422 e. The topological polar surface area (TPSA) is 96.9 Å². The smallest absolute Gasteiger partial charge is 0.355 e. The number of ether oxygens (including phenoxy) is 1. The molecule has 0 radical (unpaired) electrons. The Morgan fingerprint density at radius 1 is 0.971 bits per heavy atom. The van der Waals surface area contributed by atoms with Crippen LogP contribution >= 0.6 is 22.9 Å². The van der Waals surface area contributed by atoms with Crippen LogP contribution in [0.3, 0.4) is 0 Å². The van der Waals surface area contributed by atoms with Crippen molar-refractivity contribution in [3.8, 4) is 5.75 Å². The van der Waals surface area contributed by atoms with E-state index in [1.54, 1.807) is 36.4 Å². The molecule has 3 aromatic carbocycles. The minimum absolute atomic E-state index is 0.283. The van der Waals surface area contributed by atoms with Crippen molar-refractivity contribution in [2.24, 2.45) is 5.10 Å². The van der Waals surface area contributed by atoms with Gasteiger partial charge in [-0.05, 0) is 42.3 Å². The van der Waals surface area contributed by atoms with Crippen molar-refractivity contribution in [3.63, 3.8) is 0 Å². The summed E-state index contributed by atoms with van der Waals surface area (Å²) in [5, 5.41) is 7.48. The van der Waals surface area contributed by atoms with E-state index in [4.69, 9.17) is 16.3 Å². The Balaban J connectivity index is 1.38. The summed E-state index contributed by atoms with van der Waals surface area (Å²) in [5.74, 6) is -2.04. The monoisotopic (exact) mass is 491 g/mol. The first-order chi connectivity index (χ1) is 16.4. The number of benzene rings is 3. The molecule has 0 aliphatic heterocycles. The molecule has 0 atom stereocenters. The number of anilines is 1. The number of thiophene rings is 1. The van der Waals surface area contributed by atoms with Gasteiger partial charge in [0.25, 0.3) is 0 Å². The van der Waals surface area contributed by atoms with Gasteiger partial charge >= 0.3 is 17.8 Å². The molecule has 0 aliphatic rings. The number of halogens is 1. The van der Waals surface area contributed by atoms with Gasteiger partial charge in [-0.3, -0.25) is 9.59 Å². The van der Waals surface area contributed by atoms with Gasteiger partial charge in [-0.2, -0.15) is 5.10 Å². The highest BCUT2D eigenvalue weighted by molar-refractivity contribution is 7.21. The Morgan fingerprint density at radius 3 is 2.53 bits per heavy atom. The molecule has 4 rings (SSSR count). The summed E-state index contributed by atoms with van der Waals surface area (Å²) >= 11 is 7.61. The second-order valence-electron chi connectivity index (χ2n) is 7.17. The van der Waals surface area contributed by atoms with Crippen molar-refractivity contribution >= 4 is 62.7 Å². The lowest BCUT2D eigenvalue weighted by Crippen LogP contribution is -2.32. The van der Waals surface area contributed by atoms with Crippen LogP contribution in [-0.2, 0) is 9.59 Å². The van der Waals surface area contributed by atoms with Crippen LogP contribution in [0.2, 0.25) is 5.02 Å². The number of hydrogen-bond donors (Lipinski definition) is 2. The molecule has 170 valence electrons. The van der Waals surface area contributed by atoms with Crippen LogP contribution in [0.25, 0.3) is 10.1 Å². The molecule has 34 heavy (non-hydrogen) atoms. The predicted octanol–water partition coefficient (Wildman–Crippen LogP) is 5.17. The van der Waals surface area contributed by atoms with E-state index in [9.17, 15) is 14.4 Å². The lowest BCUT2D eigenvalue weighted by atomic mass is 10.2. The first-order valence-corrected chi connectivity index (χ1v) is 11.3. The van der Waals surface area contributed by atoms with Gasteiger partial charge in [0.1, 0.15) is 10.6 Å². The number of esters is 1. The van der Waals surface area contributed by atoms with Crippen molar-refractivity contribution in [1.29, 1.82) is 0 Å². The molecule has 0 saturated carbocycles. The summed E-state index contributed by atoms with van der Waals surface area (Å²) in [7, 11) is 0. The van der Waals surface area contributed by atoms with Crippen LogP contribution in [0.5, 0.6) is 5.75 Å². The van der Waals surface area contributed by atoms with E-state index in [0.717, 1.165) is 15.6 Å². The van der Waals surface area contributed by atoms with Crippen molar-refractivity contribution in [2.75, 3.05) is 5.32 Å². The second-order valence-corrected chi connectivity index (χ2v) is 8.60. The molecule has 2 amide bonds. The van der Waals surface area contributed by atoms with Gasteiger partial charge in [-0.25, -0.2) is 10.2 Å². The number of hydrogen-bond acceptors (Lipinski definition) is 6. The minimum atomic E-state index is -0.915. The Hall–Kier alpha value is -4.01. The molecule has 0 fully saturated rings. The number of nitrogens with zero attached hydrogens (tertiary/aromatic N) is 1. The van der Waals surface area contributed by atoms with Crippen molar-refractivity contribution in [3.05, 3.63) is 93.8 Å². The summed E-state index contributed by atoms with van der Waals surface area (Å²) in [6.07, 6.45) is 1.34. The third kappa shape index (κ3) is 5.31. The Bertz CT molecular complexity index is 1430. The van der Waals surface area contributed by atoms with Crippen LogP contribution in [0.4, 0.5) is 5.69 Å². The highest BCUT2D eigenvalue weighted by Crippen LogP contribution is 2.35. The molecule has 0 spiro atoms. The van der Waals surface area contributed by atoms with E-state index in [0.29, 0.717) is 21.2 Å². The van der Waals surface area contributed by atoms with Crippen molar-refractivity contribution in [1.82, 2.24) is 5.43 Å². The van der Waals surface area contributed by atoms with Gasteiger partial charge in [-0.15, -0.1) is 11.3 Å². The van der Waals surface area contributed by atoms with Gasteiger partial charge in [0.15, 0.2) is 0 Å². The van der Waals surface area contributed by atoms with Gasteiger partial charge in [0.2, 0.25) is 0 Å². The standard InChI is InChI=1S/C25H18ClN3O4S/c1-15-7-2-4-11-19(15)28-23(30)24(31)29-27-14-16-8-6-9-17(13-16)33-25(32)22-21(26)18-10-3-5-12-20(18)34-22/h2-14H,1H3,(H,28,30)(H,29,31)/b27-14+. The number of rotatable bonds is 5. The van der Waals surface area contributed by atoms with E-state index in [-0.39, 0.29) is 5.75 Å². The lowest BCUT2D eigenvalue weighted by Gasteiger charge is -2.06. The number of aryl methyl sites for hydroxylation is 1. The zero-order chi connectivity index (χ0) is 24.1.